The SMILES string of the molecule is CCNC(=NCc1cc(OC)c(OC)c(OC)c1)NCC1(C)CCCS1. The predicted molar refractivity (Wildman–Crippen MR) is 109 cm³/mol. The first kappa shape index (κ1) is 20.6. The van der Waals surface area contributed by atoms with Crippen molar-refractivity contribution < 1.29 is 14.2 Å². The van der Waals surface area contributed by atoms with Crippen LogP contribution in [0.1, 0.15) is 32.3 Å². The standard InChI is InChI=1S/C19H31N3O3S/c1-6-20-18(22-13-19(2)8-7-9-26-19)21-12-14-10-15(23-3)17(25-5)16(11-14)24-4/h10-11H,6-9,12-13H2,1-5H3,(H2,20,21,22). The van der Waals surface area contributed by atoms with Crippen LogP contribution in [0.5, 0.6) is 17.2 Å². The molecule has 0 saturated carbocycles. The number of nitrogens with one attached hydrogen (secondary N) is 2. The number of ether oxygens (including phenoxy) is 3. The van der Waals surface area contributed by atoms with E-state index in [9.17, 15) is 0 Å². The van der Waals surface area contributed by atoms with E-state index in [0.717, 1.165) is 24.6 Å². The summed E-state index contributed by atoms with van der Waals surface area (Å²) in [6, 6.07) is 3.87. The van der Waals surface area contributed by atoms with Gasteiger partial charge in [0.25, 0.3) is 0 Å². The van der Waals surface area contributed by atoms with Crippen LogP contribution in [0, 0.1) is 0 Å². The van der Waals surface area contributed by atoms with E-state index in [1.165, 1.54) is 18.6 Å². The topological polar surface area (TPSA) is 64.1 Å². The molecule has 1 heterocycles. The molecule has 0 amide bonds. The van der Waals surface area contributed by atoms with Crippen LogP contribution in [-0.2, 0) is 6.54 Å². The molecule has 1 aliphatic rings. The van der Waals surface area contributed by atoms with Crippen LogP contribution in [0.3, 0.4) is 0 Å². The smallest absolute Gasteiger partial charge is 0.203 e. The summed E-state index contributed by atoms with van der Waals surface area (Å²) >= 11 is 2.04. The molecule has 0 aromatic heterocycles. The molecule has 1 aromatic rings. The number of nitrogens with zero attached hydrogens (tertiary/aromatic N) is 1. The summed E-state index contributed by atoms with van der Waals surface area (Å²) in [7, 11) is 4.85. The van der Waals surface area contributed by atoms with Crippen molar-refractivity contribution in [2.75, 3.05) is 40.2 Å². The molecule has 1 unspecified atom stereocenters. The molecule has 0 bridgehead atoms. The lowest BCUT2D eigenvalue weighted by atomic mass is 10.1. The van der Waals surface area contributed by atoms with E-state index in [4.69, 9.17) is 19.2 Å². The summed E-state index contributed by atoms with van der Waals surface area (Å²) in [5, 5.41) is 6.80. The monoisotopic (exact) mass is 381 g/mol. The second-order valence-corrected chi connectivity index (χ2v) is 8.17. The lowest BCUT2D eigenvalue weighted by Crippen LogP contribution is -2.43. The minimum Gasteiger partial charge on any atom is -0.493 e. The maximum absolute atomic E-state index is 5.41. The minimum atomic E-state index is 0.294. The van der Waals surface area contributed by atoms with Gasteiger partial charge in [0.1, 0.15) is 0 Å². The molecule has 146 valence electrons. The summed E-state index contributed by atoms with van der Waals surface area (Å²) in [6.45, 7) is 6.66. The fourth-order valence-corrected chi connectivity index (χ4v) is 4.23. The molecular formula is C19H31N3O3S. The van der Waals surface area contributed by atoms with Crippen molar-refractivity contribution in [2.24, 2.45) is 4.99 Å². The van der Waals surface area contributed by atoms with Crippen molar-refractivity contribution in [1.29, 1.82) is 0 Å². The van der Waals surface area contributed by atoms with Gasteiger partial charge in [-0.05, 0) is 50.1 Å². The maximum atomic E-state index is 5.41. The van der Waals surface area contributed by atoms with Gasteiger partial charge in [-0.2, -0.15) is 11.8 Å². The highest BCUT2D eigenvalue weighted by Gasteiger charge is 2.29. The van der Waals surface area contributed by atoms with Crippen molar-refractivity contribution in [3.8, 4) is 17.2 Å². The van der Waals surface area contributed by atoms with E-state index < -0.39 is 0 Å². The first-order chi connectivity index (χ1) is 12.5. The van der Waals surface area contributed by atoms with Crippen LogP contribution in [0.2, 0.25) is 0 Å². The zero-order chi connectivity index (χ0) is 19.0. The molecule has 0 radical (unpaired) electrons. The number of hydrogen-bond donors (Lipinski definition) is 2. The van der Waals surface area contributed by atoms with Crippen molar-refractivity contribution >= 4 is 17.7 Å². The Bertz CT molecular complexity index is 591. The van der Waals surface area contributed by atoms with E-state index in [1.54, 1.807) is 21.3 Å². The number of benzene rings is 1. The quantitative estimate of drug-likeness (QED) is 0.533. The highest BCUT2D eigenvalue weighted by atomic mass is 32.2. The van der Waals surface area contributed by atoms with Crippen molar-refractivity contribution in [1.82, 2.24) is 10.6 Å². The average molecular weight is 382 g/mol. The molecule has 1 atom stereocenters. The fourth-order valence-electron chi connectivity index (χ4n) is 2.99. The zero-order valence-electron chi connectivity index (χ0n) is 16.5. The zero-order valence-corrected chi connectivity index (χ0v) is 17.3. The predicted octanol–water partition coefficient (Wildman–Crippen LogP) is 3.05. The highest BCUT2D eigenvalue weighted by Crippen LogP contribution is 2.38. The van der Waals surface area contributed by atoms with Crippen molar-refractivity contribution in [3.05, 3.63) is 17.7 Å². The minimum absolute atomic E-state index is 0.294. The maximum Gasteiger partial charge on any atom is 0.203 e. The summed E-state index contributed by atoms with van der Waals surface area (Å²) in [5.74, 6) is 3.96. The number of thioether (sulfide) groups is 1. The third kappa shape index (κ3) is 5.37. The molecule has 1 saturated heterocycles. The van der Waals surface area contributed by atoms with Crippen molar-refractivity contribution in [3.63, 3.8) is 0 Å². The second kappa shape index (κ2) is 9.80. The number of methoxy groups -OCH3 is 3. The van der Waals surface area contributed by atoms with E-state index in [0.29, 0.717) is 28.5 Å². The molecule has 2 rings (SSSR count). The third-order valence-electron chi connectivity index (χ3n) is 4.42. The van der Waals surface area contributed by atoms with Gasteiger partial charge in [-0.15, -0.1) is 0 Å². The first-order valence-corrected chi connectivity index (χ1v) is 9.98. The van der Waals surface area contributed by atoms with E-state index >= 15 is 0 Å². The Kier molecular flexibility index (Phi) is 7.75. The Hall–Kier alpha value is -1.76. The van der Waals surface area contributed by atoms with Crippen LogP contribution in [-0.4, -0.2) is 50.9 Å². The van der Waals surface area contributed by atoms with E-state index in [-0.39, 0.29) is 0 Å². The summed E-state index contributed by atoms with van der Waals surface area (Å²) in [6.07, 6.45) is 2.54. The number of guanidine groups is 1. The summed E-state index contributed by atoms with van der Waals surface area (Å²) in [4.78, 5) is 4.72. The van der Waals surface area contributed by atoms with Gasteiger partial charge in [0, 0.05) is 17.8 Å². The molecule has 1 fully saturated rings. The number of hydrogen-bond acceptors (Lipinski definition) is 5. The van der Waals surface area contributed by atoms with Gasteiger partial charge < -0.3 is 24.8 Å². The summed E-state index contributed by atoms with van der Waals surface area (Å²) in [5.41, 5.74) is 0.998. The number of aliphatic imine (C=N–C) groups is 1. The summed E-state index contributed by atoms with van der Waals surface area (Å²) < 4.78 is 16.5. The Morgan fingerprint density at radius 2 is 1.85 bits per heavy atom. The van der Waals surface area contributed by atoms with E-state index in [2.05, 4.69) is 24.5 Å². The first-order valence-electron chi connectivity index (χ1n) is 9.00. The van der Waals surface area contributed by atoms with Gasteiger partial charge in [0.05, 0.1) is 27.9 Å². The molecule has 1 aliphatic heterocycles. The largest absolute Gasteiger partial charge is 0.493 e. The Morgan fingerprint density at radius 3 is 2.35 bits per heavy atom. The van der Waals surface area contributed by atoms with Crippen LogP contribution in [0.15, 0.2) is 17.1 Å². The fraction of sp³-hybridized carbons (Fsp3) is 0.632. The van der Waals surface area contributed by atoms with Crippen LogP contribution < -0.4 is 24.8 Å². The molecule has 0 spiro atoms. The highest BCUT2D eigenvalue weighted by molar-refractivity contribution is 8.00. The second-order valence-electron chi connectivity index (χ2n) is 6.48. The molecular weight excluding hydrogens is 350 g/mol. The van der Waals surface area contributed by atoms with Crippen LogP contribution in [0.25, 0.3) is 0 Å². The van der Waals surface area contributed by atoms with Crippen LogP contribution in [0.4, 0.5) is 0 Å². The Balaban J connectivity index is 2.10. The number of rotatable bonds is 8. The molecule has 6 nitrogen and oxygen atoms in total. The molecule has 0 aliphatic carbocycles. The molecule has 2 N–H and O–H groups in total. The molecule has 1 aromatic carbocycles. The van der Waals surface area contributed by atoms with Gasteiger partial charge in [0.15, 0.2) is 17.5 Å². The molecule has 26 heavy (non-hydrogen) atoms. The third-order valence-corrected chi connectivity index (χ3v) is 5.96. The average Bonchev–Trinajstić information content (AvgIpc) is 3.09. The van der Waals surface area contributed by atoms with Gasteiger partial charge in [-0.25, -0.2) is 4.99 Å². The Labute approximate surface area is 161 Å². The lowest BCUT2D eigenvalue weighted by molar-refractivity contribution is 0.324. The van der Waals surface area contributed by atoms with E-state index in [1.807, 2.05) is 23.9 Å². The van der Waals surface area contributed by atoms with Gasteiger partial charge in [0.2, 0.25) is 5.75 Å². The van der Waals surface area contributed by atoms with Gasteiger partial charge in [-0.1, -0.05) is 0 Å². The Morgan fingerprint density at radius 1 is 1.15 bits per heavy atom. The van der Waals surface area contributed by atoms with Crippen molar-refractivity contribution in [2.45, 2.75) is 38.0 Å². The lowest BCUT2D eigenvalue weighted by Gasteiger charge is -2.24. The van der Waals surface area contributed by atoms with Crippen LogP contribution >= 0.6 is 11.8 Å². The normalized spacial score (nSPS) is 20.0. The van der Waals surface area contributed by atoms with Gasteiger partial charge >= 0.3 is 0 Å². The van der Waals surface area contributed by atoms with Gasteiger partial charge in [-0.3, -0.25) is 0 Å². The molecule has 7 heteroatoms.